The Morgan fingerprint density at radius 1 is 1.20 bits per heavy atom. The van der Waals surface area contributed by atoms with Crippen LogP contribution in [0.15, 0.2) is 28.7 Å². The van der Waals surface area contributed by atoms with E-state index in [9.17, 15) is 4.79 Å². The van der Waals surface area contributed by atoms with Crippen molar-refractivity contribution in [1.29, 1.82) is 0 Å². The van der Waals surface area contributed by atoms with Gasteiger partial charge < -0.3 is 24.1 Å². The second kappa shape index (κ2) is 7.09. The van der Waals surface area contributed by atoms with Crippen LogP contribution in [0.4, 0.5) is 4.79 Å². The van der Waals surface area contributed by atoms with E-state index in [1.807, 2.05) is 38.1 Å². The van der Waals surface area contributed by atoms with Gasteiger partial charge in [-0.2, -0.15) is 0 Å². The lowest BCUT2D eigenvalue weighted by atomic mass is 9.99. The lowest BCUT2D eigenvalue weighted by Crippen LogP contribution is -2.43. The standard InChI is InChI=1S/C19H24N2O4/c1-12-5-6-16(25-12)13(2)20-19(22)21-8-7-14-9-17(23-3)18(24-4)10-15(14)11-21/h5-6,9-10,13H,7-8,11H2,1-4H3,(H,20,22). The third-order valence-corrected chi connectivity index (χ3v) is 4.53. The largest absolute Gasteiger partial charge is 0.493 e. The number of ether oxygens (including phenoxy) is 2. The number of rotatable bonds is 4. The van der Waals surface area contributed by atoms with Gasteiger partial charge in [0.15, 0.2) is 11.5 Å². The minimum atomic E-state index is -0.173. The average Bonchev–Trinajstić information content (AvgIpc) is 3.06. The van der Waals surface area contributed by atoms with Crippen molar-refractivity contribution in [3.63, 3.8) is 0 Å². The number of furan rings is 1. The van der Waals surface area contributed by atoms with Gasteiger partial charge in [-0.05, 0) is 55.7 Å². The van der Waals surface area contributed by atoms with E-state index in [1.54, 1.807) is 19.1 Å². The molecular formula is C19H24N2O4. The van der Waals surface area contributed by atoms with E-state index in [0.717, 1.165) is 29.3 Å². The number of methoxy groups -OCH3 is 2. The van der Waals surface area contributed by atoms with Crippen LogP contribution in [0.25, 0.3) is 0 Å². The van der Waals surface area contributed by atoms with Crippen LogP contribution in [0.3, 0.4) is 0 Å². The van der Waals surface area contributed by atoms with Crippen LogP contribution < -0.4 is 14.8 Å². The smallest absolute Gasteiger partial charge is 0.318 e. The molecule has 1 aromatic carbocycles. The molecule has 1 N–H and O–H groups in total. The molecule has 0 saturated carbocycles. The first-order valence-corrected chi connectivity index (χ1v) is 8.37. The normalized spacial score (nSPS) is 14.6. The summed E-state index contributed by atoms with van der Waals surface area (Å²) in [4.78, 5) is 14.4. The third-order valence-electron chi connectivity index (χ3n) is 4.53. The van der Waals surface area contributed by atoms with E-state index >= 15 is 0 Å². The summed E-state index contributed by atoms with van der Waals surface area (Å²) in [5, 5.41) is 3.00. The maximum absolute atomic E-state index is 12.6. The van der Waals surface area contributed by atoms with Crippen molar-refractivity contribution < 1.29 is 18.7 Å². The Bertz CT molecular complexity index is 769. The van der Waals surface area contributed by atoms with Crippen molar-refractivity contribution in [2.75, 3.05) is 20.8 Å². The summed E-state index contributed by atoms with van der Waals surface area (Å²) in [6, 6.07) is 7.47. The lowest BCUT2D eigenvalue weighted by Gasteiger charge is -2.30. The van der Waals surface area contributed by atoms with Crippen LogP contribution >= 0.6 is 0 Å². The minimum absolute atomic E-state index is 0.0954. The van der Waals surface area contributed by atoms with Gasteiger partial charge in [0.25, 0.3) is 0 Å². The fraction of sp³-hybridized carbons (Fsp3) is 0.421. The fourth-order valence-electron chi connectivity index (χ4n) is 3.09. The summed E-state index contributed by atoms with van der Waals surface area (Å²) in [7, 11) is 3.25. The molecule has 1 aliphatic heterocycles. The van der Waals surface area contributed by atoms with Crippen molar-refractivity contribution in [2.45, 2.75) is 32.9 Å². The van der Waals surface area contributed by atoms with Crippen LogP contribution in [0, 0.1) is 6.92 Å². The van der Waals surface area contributed by atoms with Gasteiger partial charge in [-0.15, -0.1) is 0 Å². The van der Waals surface area contributed by atoms with Gasteiger partial charge in [0.2, 0.25) is 0 Å². The molecule has 6 nitrogen and oxygen atoms in total. The van der Waals surface area contributed by atoms with Crippen molar-refractivity contribution >= 4 is 6.03 Å². The highest BCUT2D eigenvalue weighted by Crippen LogP contribution is 2.33. The van der Waals surface area contributed by atoms with Crippen molar-refractivity contribution in [1.82, 2.24) is 10.2 Å². The topological polar surface area (TPSA) is 63.9 Å². The second-order valence-corrected chi connectivity index (χ2v) is 6.27. The molecule has 2 aromatic rings. The van der Waals surface area contributed by atoms with Crippen molar-refractivity contribution in [2.24, 2.45) is 0 Å². The Balaban J connectivity index is 1.70. The molecule has 1 aliphatic rings. The predicted octanol–water partition coefficient (Wildman–Crippen LogP) is 3.43. The molecule has 0 spiro atoms. The zero-order chi connectivity index (χ0) is 18.0. The Morgan fingerprint density at radius 3 is 2.48 bits per heavy atom. The monoisotopic (exact) mass is 344 g/mol. The molecule has 6 heteroatoms. The molecule has 1 unspecified atom stereocenters. The number of urea groups is 1. The SMILES string of the molecule is COc1cc2c(cc1OC)CN(C(=O)NC(C)c1ccc(C)o1)CC2. The second-order valence-electron chi connectivity index (χ2n) is 6.27. The van der Waals surface area contributed by atoms with E-state index in [2.05, 4.69) is 5.32 Å². The van der Waals surface area contributed by atoms with E-state index in [1.165, 1.54) is 5.56 Å². The zero-order valence-corrected chi connectivity index (χ0v) is 15.1. The van der Waals surface area contributed by atoms with Crippen LogP contribution in [0.1, 0.15) is 35.6 Å². The Labute approximate surface area is 147 Å². The molecule has 0 bridgehead atoms. The quantitative estimate of drug-likeness (QED) is 0.923. The molecule has 1 atom stereocenters. The van der Waals surface area contributed by atoms with Crippen molar-refractivity contribution in [3.8, 4) is 11.5 Å². The molecule has 1 aromatic heterocycles. The molecule has 134 valence electrons. The average molecular weight is 344 g/mol. The van der Waals surface area contributed by atoms with Gasteiger partial charge in [0.1, 0.15) is 11.5 Å². The molecular weight excluding hydrogens is 320 g/mol. The number of nitrogens with one attached hydrogen (secondary N) is 1. The first-order valence-electron chi connectivity index (χ1n) is 8.37. The molecule has 2 heterocycles. The summed E-state index contributed by atoms with van der Waals surface area (Å²) >= 11 is 0. The number of nitrogens with zero attached hydrogens (tertiary/aromatic N) is 1. The molecule has 25 heavy (non-hydrogen) atoms. The van der Waals surface area contributed by atoms with Gasteiger partial charge in [-0.1, -0.05) is 0 Å². The van der Waals surface area contributed by atoms with E-state index in [4.69, 9.17) is 13.9 Å². The summed E-state index contributed by atoms with van der Waals surface area (Å²) < 4.78 is 16.3. The van der Waals surface area contributed by atoms with E-state index < -0.39 is 0 Å². The number of carbonyl (C=O) groups excluding carboxylic acids is 1. The van der Waals surface area contributed by atoms with Gasteiger partial charge >= 0.3 is 6.03 Å². The zero-order valence-electron chi connectivity index (χ0n) is 15.1. The molecule has 0 radical (unpaired) electrons. The number of aryl methyl sites for hydroxylation is 1. The van der Waals surface area contributed by atoms with Crippen LogP contribution in [-0.4, -0.2) is 31.7 Å². The third kappa shape index (κ3) is 3.57. The highest BCUT2D eigenvalue weighted by Gasteiger charge is 2.24. The highest BCUT2D eigenvalue weighted by atomic mass is 16.5. The first kappa shape index (κ1) is 17.2. The summed E-state index contributed by atoms with van der Waals surface area (Å²) in [5.74, 6) is 3.00. The van der Waals surface area contributed by atoms with Gasteiger partial charge in [-0.3, -0.25) is 0 Å². The molecule has 0 aliphatic carbocycles. The number of hydrogen-bond donors (Lipinski definition) is 1. The fourth-order valence-corrected chi connectivity index (χ4v) is 3.09. The maximum Gasteiger partial charge on any atom is 0.318 e. The summed E-state index contributed by atoms with van der Waals surface area (Å²) in [6.07, 6.45) is 0.789. The Kier molecular flexibility index (Phi) is 4.88. The van der Waals surface area contributed by atoms with Crippen LogP contribution in [0.5, 0.6) is 11.5 Å². The molecule has 0 fully saturated rings. The number of fused-ring (bicyclic) bond motifs is 1. The lowest BCUT2D eigenvalue weighted by molar-refractivity contribution is 0.187. The Hall–Kier alpha value is -2.63. The number of carbonyl (C=O) groups is 1. The molecule has 3 rings (SSSR count). The maximum atomic E-state index is 12.6. The number of hydrogen-bond acceptors (Lipinski definition) is 4. The van der Waals surface area contributed by atoms with Gasteiger partial charge in [0, 0.05) is 13.1 Å². The van der Waals surface area contributed by atoms with Crippen molar-refractivity contribution in [3.05, 3.63) is 46.9 Å². The van der Waals surface area contributed by atoms with E-state index in [0.29, 0.717) is 18.8 Å². The van der Waals surface area contributed by atoms with Crippen LogP contribution in [0.2, 0.25) is 0 Å². The van der Waals surface area contributed by atoms with Crippen LogP contribution in [-0.2, 0) is 13.0 Å². The predicted molar refractivity (Wildman–Crippen MR) is 94.1 cm³/mol. The minimum Gasteiger partial charge on any atom is -0.493 e. The first-order chi connectivity index (χ1) is 12.0. The van der Waals surface area contributed by atoms with Gasteiger partial charge in [-0.25, -0.2) is 4.79 Å². The highest BCUT2D eigenvalue weighted by molar-refractivity contribution is 5.75. The number of benzene rings is 1. The number of amides is 2. The molecule has 0 saturated heterocycles. The summed E-state index contributed by atoms with van der Waals surface area (Å²) in [6.45, 7) is 5.02. The van der Waals surface area contributed by atoms with Gasteiger partial charge in [0.05, 0.1) is 20.3 Å². The molecule has 2 amide bonds. The summed E-state index contributed by atoms with van der Waals surface area (Å²) in [5.41, 5.74) is 2.27. The van der Waals surface area contributed by atoms with E-state index in [-0.39, 0.29) is 12.1 Å². The Morgan fingerprint density at radius 2 is 1.88 bits per heavy atom.